The number of benzene rings is 2. The van der Waals surface area contributed by atoms with Gasteiger partial charge in [-0.15, -0.1) is 0 Å². The van der Waals surface area contributed by atoms with Crippen LogP contribution in [0.15, 0.2) is 42.5 Å². The van der Waals surface area contributed by atoms with Crippen molar-refractivity contribution in [3.63, 3.8) is 0 Å². The van der Waals surface area contributed by atoms with E-state index in [1.165, 1.54) is 4.90 Å². The molecule has 2 aliphatic rings. The number of amidine groups is 1. The van der Waals surface area contributed by atoms with Crippen molar-refractivity contribution in [2.75, 3.05) is 36.5 Å². The van der Waals surface area contributed by atoms with Crippen LogP contribution in [0.3, 0.4) is 0 Å². The molecule has 2 aromatic carbocycles. The van der Waals surface area contributed by atoms with E-state index < -0.39 is 24.0 Å². The average Bonchev–Trinajstić information content (AvgIpc) is 3.39. The van der Waals surface area contributed by atoms with Gasteiger partial charge in [-0.2, -0.15) is 0 Å². The van der Waals surface area contributed by atoms with Gasteiger partial charge in [-0.25, -0.2) is 0 Å². The second-order valence-corrected chi connectivity index (χ2v) is 8.66. The van der Waals surface area contributed by atoms with Gasteiger partial charge in [-0.3, -0.25) is 19.8 Å². The number of morpholine rings is 1. The maximum atomic E-state index is 13.3. The number of carbonyl (C=O) groups is 3. The summed E-state index contributed by atoms with van der Waals surface area (Å²) in [6.07, 6.45) is -1.17. The molecule has 2 aromatic rings. The van der Waals surface area contributed by atoms with E-state index in [2.05, 4.69) is 5.32 Å². The van der Waals surface area contributed by atoms with E-state index in [-0.39, 0.29) is 24.9 Å². The number of rotatable bonds is 6. The number of carbonyl (C=O) groups excluding carboxylic acids is 3. The second-order valence-electron chi connectivity index (χ2n) is 8.66. The summed E-state index contributed by atoms with van der Waals surface area (Å²) in [4.78, 5) is 42.1. The van der Waals surface area contributed by atoms with Crippen LogP contribution in [0.4, 0.5) is 11.4 Å². The Morgan fingerprint density at radius 2 is 1.83 bits per heavy atom. The number of ether oxygens (including phenoxy) is 1. The van der Waals surface area contributed by atoms with Gasteiger partial charge in [0.2, 0.25) is 0 Å². The molecule has 0 unspecified atom stereocenters. The molecule has 0 bridgehead atoms. The van der Waals surface area contributed by atoms with Crippen molar-refractivity contribution >= 4 is 34.9 Å². The van der Waals surface area contributed by atoms with Crippen molar-refractivity contribution in [1.29, 1.82) is 5.41 Å². The van der Waals surface area contributed by atoms with Crippen LogP contribution in [0.25, 0.3) is 0 Å². The van der Waals surface area contributed by atoms with Crippen LogP contribution in [-0.4, -0.2) is 72.0 Å². The highest BCUT2D eigenvalue weighted by atomic mass is 16.5. The standard InChI is InChI=1S/C25H29N5O5/c1-15-18(24(33)29-11-2-3-12-29)5-4-6-19(15)30-13-14-35-21(25(30)34)20(31)23(32)28-17-9-7-16(8-10-17)22(26)27/h4-10,20-21,31H,2-3,11-14H2,1H3,(H3,26,27)(H,28,32)/t20-,21-/m1/s1. The lowest BCUT2D eigenvalue weighted by molar-refractivity contribution is -0.150. The maximum Gasteiger partial charge on any atom is 0.259 e. The zero-order valence-corrected chi connectivity index (χ0v) is 19.5. The fourth-order valence-electron chi connectivity index (χ4n) is 4.40. The van der Waals surface area contributed by atoms with Gasteiger partial charge in [0.1, 0.15) is 5.84 Å². The minimum Gasteiger partial charge on any atom is -0.384 e. The molecule has 4 rings (SSSR count). The number of hydrogen-bond donors (Lipinski definition) is 4. The molecule has 35 heavy (non-hydrogen) atoms. The van der Waals surface area contributed by atoms with Gasteiger partial charge in [0, 0.05) is 42.1 Å². The van der Waals surface area contributed by atoms with Gasteiger partial charge in [0.25, 0.3) is 17.7 Å². The lowest BCUT2D eigenvalue weighted by atomic mass is 10.0. The van der Waals surface area contributed by atoms with Crippen LogP contribution in [0.1, 0.15) is 34.3 Å². The summed E-state index contributed by atoms with van der Waals surface area (Å²) in [5.74, 6) is -1.52. The van der Waals surface area contributed by atoms with E-state index in [4.69, 9.17) is 15.9 Å². The molecule has 184 valence electrons. The van der Waals surface area contributed by atoms with E-state index in [0.29, 0.717) is 28.1 Å². The topological polar surface area (TPSA) is 149 Å². The summed E-state index contributed by atoms with van der Waals surface area (Å²) >= 11 is 0. The Hall–Kier alpha value is -3.76. The number of anilines is 2. The van der Waals surface area contributed by atoms with Gasteiger partial charge >= 0.3 is 0 Å². The van der Waals surface area contributed by atoms with Crippen LogP contribution in [0.2, 0.25) is 0 Å². The van der Waals surface area contributed by atoms with Crippen molar-refractivity contribution < 1.29 is 24.2 Å². The highest BCUT2D eigenvalue weighted by Crippen LogP contribution is 2.28. The molecule has 2 atom stereocenters. The Balaban J connectivity index is 1.49. The number of nitrogen functional groups attached to an aromatic ring is 1. The molecular weight excluding hydrogens is 450 g/mol. The predicted octanol–water partition coefficient (Wildman–Crippen LogP) is 1.25. The van der Waals surface area contributed by atoms with Crippen molar-refractivity contribution in [1.82, 2.24) is 4.90 Å². The summed E-state index contributed by atoms with van der Waals surface area (Å²) in [5, 5.41) is 20.6. The first-order chi connectivity index (χ1) is 16.8. The molecule has 2 heterocycles. The van der Waals surface area contributed by atoms with Gasteiger partial charge in [0.15, 0.2) is 12.2 Å². The molecule has 10 nitrogen and oxygen atoms in total. The molecule has 0 radical (unpaired) electrons. The highest BCUT2D eigenvalue weighted by Gasteiger charge is 2.40. The third-order valence-corrected chi connectivity index (χ3v) is 6.36. The molecule has 2 aliphatic heterocycles. The number of nitrogens with zero attached hydrogens (tertiary/aromatic N) is 2. The minimum absolute atomic E-state index is 0.0608. The van der Waals surface area contributed by atoms with Gasteiger partial charge in [0.05, 0.1) is 6.61 Å². The molecule has 0 aromatic heterocycles. The molecule has 0 spiro atoms. The van der Waals surface area contributed by atoms with Gasteiger partial charge in [-0.1, -0.05) is 6.07 Å². The Labute approximate surface area is 203 Å². The van der Waals surface area contributed by atoms with Crippen LogP contribution in [0.5, 0.6) is 0 Å². The molecule has 5 N–H and O–H groups in total. The first kappa shape index (κ1) is 24.4. The SMILES string of the molecule is Cc1c(C(=O)N2CCCC2)cccc1N1CCO[C@H]([C@@H](O)C(=O)Nc2ccc(C(=N)N)cc2)C1=O. The zero-order valence-electron chi connectivity index (χ0n) is 19.5. The van der Waals surface area contributed by atoms with E-state index in [0.717, 1.165) is 25.9 Å². The summed E-state index contributed by atoms with van der Waals surface area (Å²) in [7, 11) is 0. The third kappa shape index (κ3) is 5.03. The fourth-order valence-corrected chi connectivity index (χ4v) is 4.40. The molecule has 2 fully saturated rings. The predicted molar refractivity (Wildman–Crippen MR) is 131 cm³/mol. The van der Waals surface area contributed by atoms with E-state index in [1.54, 1.807) is 49.4 Å². The number of likely N-dealkylation sites (tertiary alicyclic amines) is 1. The van der Waals surface area contributed by atoms with Gasteiger partial charge < -0.3 is 30.7 Å². The molecule has 2 saturated heterocycles. The number of nitrogens with two attached hydrogens (primary N) is 1. The Morgan fingerprint density at radius 3 is 2.49 bits per heavy atom. The second kappa shape index (κ2) is 10.2. The Bertz CT molecular complexity index is 1140. The van der Waals surface area contributed by atoms with E-state index in [1.807, 2.05) is 4.90 Å². The van der Waals surface area contributed by atoms with Crippen LogP contribution < -0.4 is 16.0 Å². The van der Waals surface area contributed by atoms with E-state index in [9.17, 15) is 19.5 Å². The van der Waals surface area contributed by atoms with Crippen molar-refractivity contribution in [2.24, 2.45) is 5.73 Å². The fraction of sp³-hybridized carbons (Fsp3) is 0.360. The van der Waals surface area contributed by atoms with Crippen molar-refractivity contribution in [3.8, 4) is 0 Å². The summed E-state index contributed by atoms with van der Waals surface area (Å²) in [6, 6.07) is 11.5. The Morgan fingerprint density at radius 1 is 1.14 bits per heavy atom. The zero-order chi connectivity index (χ0) is 25.1. The summed E-state index contributed by atoms with van der Waals surface area (Å²) in [5.41, 5.74) is 8.06. The maximum absolute atomic E-state index is 13.3. The smallest absolute Gasteiger partial charge is 0.259 e. The number of hydrogen-bond acceptors (Lipinski definition) is 6. The number of aliphatic hydroxyl groups excluding tert-OH is 1. The van der Waals surface area contributed by atoms with Crippen LogP contribution >= 0.6 is 0 Å². The quantitative estimate of drug-likeness (QED) is 0.362. The van der Waals surface area contributed by atoms with E-state index >= 15 is 0 Å². The first-order valence-corrected chi connectivity index (χ1v) is 11.5. The monoisotopic (exact) mass is 479 g/mol. The third-order valence-electron chi connectivity index (χ3n) is 6.36. The molecular formula is C25H29N5O5. The number of nitrogens with one attached hydrogen (secondary N) is 2. The minimum atomic E-state index is -1.74. The number of aliphatic hydroxyl groups is 1. The lowest BCUT2D eigenvalue weighted by Crippen LogP contribution is -2.55. The average molecular weight is 480 g/mol. The normalized spacial score (nSPS) is 18.9. The highest BCUT2D eigenvalue weighted by molar-refractivity contribution is 6.05. The molecule has 3 amide bonds. The summed E-state index contributed by atoms with van der Waals surface area (Å²) in [6.45, 7) is 3.60. The first-order valence-electron chi connectivity index (χ1n) is 11.5. The van der Waals surface area contributed by atoms with Crippen LogP contribution in [0, 0.1) is 12.3 Å². The van der Waals surface area contributed by atoms with Crippen molar-refractivity contribution in [2.45, 2.75) is 32.0 Å². The molecule has 0 aliphatic carbocycles. The Kier molecular flexibility index (Phi) is 7.13. The summed E-state index contributed by atoms with van der Waals surface area (Å²) < 4.78 is 5.49. The number of amides is 3. The lowest BCUT2D eigenvalue weighted by Gasteiger charge is -2.35. The van der Waals surface area contributed by atoms with Crippen molar-refractivity contribution in [3.05, 3.63) is 59.2 Å². The molecule has 10 heteroatoms. The van der Waals surface area contributed by atoms with Gasteiger partial charge in [-0.05, 0) is 61.7 Å². The molecule has 0 saturated carbocycles. The largest absolute Gasteiger partial charge is 0.384 e. The van der Waals surface area contributed by atoms with Crippen LogP contribution in [-0.2, 0) is 14.3 Å².